The topological polar surface area (TPSA) is 66.5 Å². The van der Waals surface area contributed by atoms with Crippen molar-refractivity contribution in [2.75, 3.05) is 18.9 Å². The van der Waals surface area contributed by atoms with Crippen LogP contribution in [0.5, 0.6) is 0 Å². The van der Waals surface area contributed by atoms with Gasteiger partial charge in [-0.25, -0.2) is 12.8 Å². The molecule has 0 aliphatic carbocycles. The first-order valence-corrected chi connectivity index (χ1v) is 9.72. The van der Waals surface area contributed by atoms with Crippen molar-refractivity contribution in [2.45, 2.75) is 11.8 Å². The first-order valence-electron chi connectivity index (χ1n) is 8.28. The van der Waals surface area contributed by atoms with Crippen LogP contribution in [0.4, 0.5) is 10.1 Å². The highest BCUT2D eigenvalue weighted by Gasteiger charge is 2.23. The van der Waals surface area contributed by atoms with E-state index in [2.05, 4.69) is 5.32 Å². The van der Waals surface area contributed by atoms with E-state index in [1.165, 1.54) is 31.3 Å². The maximum absolute atomic E-state index is 13.1. The number of hydrogen-bond acceptors (Lipinski definition) is 3. The van der Waals surface area contributed by atoms with Crippen LogP contribution in [0.1, 0.15) is 5.56 Å². The zero-order valence-electron chi connectivity index (χ0n) is 14.9. The number of hydrogen-bond donors (Lipinski definition) is 1. The number of aryl methyl sites for hydroxylation is 1. The first-order chi connectivity index (χ1) is 12.8. The van der Waals surface area contributed by atoms with Crippen LogP contribution in [0.25, 0.3) is 10.8 Å². The van der Waals surface area contributed by atoms with Crippen LogP contribution in [0.2, 0.25) is 0 Å². The van der Waals surface area contributed by atoms with Gasteiger partial charge in [-0.3, -0.25) is 4.79 Å². The van der Waals surface area contributed by atoms with Gasteiger partial charge in [0.25, 0.3) is 0 Å². The predicted molar refractivity (Wildman–Crippen MR) is 104 cm³/mol. The minimum Gasteiger partial charge on any atom is -0.325 e. The summed E-state index contributed by atoms with van der Waals surface area (Å²) < 4.78 is 39.7. The van der Waals surface area contributed by atoms with Crippen LogP contribution in [0.15, 0.2) is 65.6 Å². The van der Waals surface area contributed by atoms with E-state index in [4.69, 9.17) is 0 Å². The van der Waals surface area contributed by atoms with Crippen molar-refractivity contribution in [3.05, 3.63) is 72.0 Å². The third-order valence-corrected chi connectivity index (χ3v) is 6.06. The van der Waals surface area contributed by atoms with Gasteiger partial charge in [-0.05, 0) is 53.6 Å². The fourth-order valence-corrected chi connectivity index (χ4v) is 3.92. The van der Waals surface area contributed by atoms with Gasteiger partial charge >= 0.3 is 0 Å². The molecule has 140 valence electrons. The molecule has 0 aromatic heterocycles. The number of anilines is 1. The number of nitrogens with one attached hydrogen (secondary N) is 1. The van der Waals surface area contributed by atoms with Gasteiger partial charge in [-0.1, -0.05) is 30.3 Å². The van der Waals surface area contributed by atoms with E-state index in [9.17, 15) is 17.6 Å². The van der Waals surface area contributed by atoms with E-state index >= 15 is 0 Å². The van der Waals surface area contributed by atoms with Gasteiger partial charge in [0, 0.05) is 12.7 Å². The summed E-state index contributed by atoms with van der Waals surface area (Å²) in [6.45, 7) is 1.31. The Bertz CT molecular complexity index is 1110. The molecule has 27 heavy (non-hydrogen) atoms. The van der Waals surface area contributed by atoms with Crippen molar-refractivity contribution in [1.29, 1.82) is 0 Å². The Labute approximate surface area is 157 Å². The van der Waals surface area contributed by atoms with Crippen molar-refractivity contribution >= 4 is 32.4 Å². The van der Waals surface area contributed by atoms with Gasteiger partial charge in [0.05, 0.1) is 11.4 Å². The number of nitrogens with zero attached hydrogens (tertiary/aromatic N) is 1. The molecule has 0 aliphatic heterocycles. The Balaban J connectivity index is 1.76. The Morgan fingerprint density at radius 3 is 2.44 bits per heavy atom. The van der Waals surface area contributed by atoms with Gasteiger partial charge in [-0.2, -0.15) is 4.31 Å². The summed E-state index contributed by atoms with van der Waals surface area (Å²) in [7, 11) is -2.47. The SMILES string of the molecule is Cc1cc(F)ccc1NC(=O)CN(C)S(=O)(=O)c1ccc2ccccc2c1. The molecule has 0 heterocycles. The summed E-state index contributed by atoms with van der Waals surface area (Å²) in [6.07, 6.45) is 0. The molecular formula is C20H19FN2O3S. The largest absolute Gasteiger partial charge is 0.325 e. The number of benzene rings is 3. The zero-order valence-corrected chi connectivity index (χ0v) is 15.8. The summed E-state index contributed by atoms with van der Waals surface area (Å²) in [6, 6.07) is 16.3. The van der Waals surface area contributed by atoms with Crippen LogP contribution in [0, 0.1) is 12.7 Å². The van der Waals surface area contributed by atoms with Gasteiger partial charge in [-0.15, -0.1) is 0 Å². The summed E-state index contributed by atoms with van der Waals surface area (Å²) in [4.78, 5) is 12.4. The number of rotatable bonds is 5. The number of carbonyl (C=O) groups is 1. The van der Waals surface area contributed by atoms with Crippen molar-refractivity contribution in [2.24, 2.45) is 0 Å². The van der Waals surface area contributed by atoms with E-state index in [0.717, 1.165) is 15.1 Å². The molecule has 0 fully saturated rings. The van der Waals surface area contributed by atoms with E-state index in [-0.39, 0.29) is 11.4 Å². The fourth-order valence-electron chi connectivity index (χ4n) is 2.75. The average Bonchev–Trinajstić information content (AvgIpc) is 2.63. The summed E-state index contributed by atoms with van der Waals surface area (Å²) in [5.41, 5.74) is 1.00. The van der Waals surface area contributed by atoms with Gasteiger partial charge in [0.15, 0.2) is 0 Å². The maximum atomic E-state index is 13.1. The normalized spacial score (nSPS) is 11.7. The highest BCUT2D eigenvalue weighted by Crippen LogP contribution is 2.21. The molecule has 0 saturated carbocycles. The van der Waals surface area contributed by atoms with Crippen LogP contribution in [-0.2, 0) is 14.8 Å². The lowest BCUT2D eigenvalue weighted by molar-refractivity contribution is -0.116. The number of halogens is 1. The van der Waals surface area contributed by atoms with E-state index in [1.807, 2.05) is 24.3 Å². The number of fused-ring (bicyclic) bond motifs is 1. The monoisotopic (exact) mass is 386 g/mol. The summed E-state index contributed by atoms with van der Waals surface area (Å²) >= 11 is 0. The van der Waals surface area contributed by atoms with Crippen LogP contribution in [0.3, 0.4) is 0 Å². The minimum absolute atomic E-state index is 0.120. The molecule has 0 unspecified atom stereocenters. The lowest BCUT2D eigenvalue weighted by Crippen LogP contribution is -2.35. The Hall–Kier alpha value is -2.77. The van der Waals surface area contributed by atoms with E-state index < -0.39 is 21.7 Å². The van der Waals surface area contributed by atoms with Crippen LogP contribution < -0.4 is 5.32 Å². The second-order valence-electron chi connectivity index (χ2n) is 6.28. The van der Waals surface area contributed by atoms with Crippen LogP contribution >= 0.6 is 0 Å². The second-order valence-corrected chi connectivity index (χ2v) is 8.32. The highest BCUT2D eigenvalue weighted by molar-refractivity contribution is 7.89. The molecule has 0 saturated heterocycles. The molecule has 3 aromatic rings. The summed E-state index contributed by atoms with van der Waals surface area (Å²) in [5, 5.41) is 4.35. The van der Waals surface area contributed by atoms with E-state index in [0.29, 0.717) is 11.3 Å². The predicted octanol–water partition coefficient (Wildman–Crippen LogP) is 3.55. The average molecular weight is 386 g/mol. The third kappa shape index (κ3) is 4.15. The maximum Gasteiger partial charge on any atom is 0.243 e. The molecule has 0 atom stereocenters. The second kappa shape index (κ2) is 7.46. The molecule has 7 heteroatoms. The molecule has 0 spiro atoms. The Morgan fingerprint density at radius 2 is 1.74 bits per heavy atom. The minimum atomic E-state index is -3.82. The standard InChI is InChI=1S/C20H19FN2O3S/c1-14-11-17(21)8-10-19(14)22-20(24)13-23(2)27(25,26)18-9-7-15-5-3-4-6-16(15)12-18/h3-12H,13H2,1-2H3,(H,22,24). The fraction of sp³-hybridized carbons (Fsp3) is 0.150. The number of amides is 1. The zero-order chi connectivity index (χ0) is 19.6. The quantitative estimate of drug-likeness (QED) is 0.729. The van der Waals surface area contributed by atoms with Crippen molar-refractivity contribution in [1.82, 2.24) is 4.31 Å². The van der Waals surface area contributed by atoms with Gasteiger partial charge in [0.2, 0.25) is 15.9 Å². The molecule has 0 radical (unpaired) electrons. The van der Waals surface area contributed by atoms with Crippen molar-refractivity contribution in [3.8, 4) is 0 Å². The molecule has 5 nitrogen and oxygen atoms in total. The molecular weight excluding hydrogens is 367 g/mol. The highest BCUT2D eigenvalue weighted by atomic mass is 32.2. The van der Waals surface area contributed by atoms with E-state index in [1.54, 1.807) is 19.1 Å². The molecule has 1 N–H and O–H groups in total. The molecule has 3 rings (SSSR count). The molecule has 3 aromatic carbocycles. The smallest absolute Gasteiger partial charge is 0.243 e. The molecule has 0 bridgehead atoms. The number of sulfonamides is 1. The Kier molecular flexibility index (Phi) is 5.25. The number of likely N-dealkylation sites (N-methyl/N-ethyl adjacent to an activating group) is 1. The van der Waals surface area contributed by atoms with Gasteiger partial charge < -0.3 is 5.32 Å². The summed E-state index contributed by atoms with van der Waals surface area (Å²) in [5.74, 6) is -0.905. The van der Waals surface area contributed by atoms with Crippen molar-refractivity contribution in [3.63, 3.8) is 0 Å². The van der Waals surface area contributed by atoms with Gasteiger partial charge in [0.1, 0.15) is 5.82 Å². The Morgan fingerprint density at radius 1 is 1.04 bits per heavy atom. The van der Waals surface area contributed by atoms with Crippen LogP contribution in [-0.4, -0.2) is 32.2 Å². The first kappa shape index (κ1) is 19.0. The molecule has 0 aliphatic rings. The lowest BCUT2D eigenvalue weighted by atomic mass is 10.1. The molecule has 1 amide bonds. The van der Waals surface area contributed by atoms with Crippen molar-refractivity contribution < 1.29 is 17.6 Å². The third-order valence-electron chi connectivity index (χ3n) is 4.26. The lowest BCUT2D eigenvalue weighted by Gasteiger charge is -2.17. The number of carbonyl (C=O) groups excluding carboxylic acids is 1.